The molecule has 1 aromatic rings. The summed E-state index contributed by atoms with van der Waals surface area (Å²) in [4.78, 5) is 11.6. The van der Waals surface area contributed by atoms with Gasteiger partial charge in [0.05, 0.1) is 6.61 Å². The van der Waals surface area contributed by atoms with E-state index in [1.54, 1.807) is 0 Å². The predicted molar refractivity (Wildman–Crippen MR) is 60.1 cm³/mol. The van der Waals surface area contributed by atoms with Crippen molar-refractivity contribution in [2.75, 3.05) is 12.3 Å². The lowest BCUT2D eigenvalue weighted by Crippen LogP contribution is -2.07. The average molecular weight is 221 g/mol. The summed E-state index contributed by atoms with van der Waals surface area (Å²) >= 11 is 0. The van der Waals surface area contributed by atoms with Gasteiger partial charge in [-0.05, 0) is 30.5 Å². The first-order chi connectivity index (χ1) is 7.66. The summed E-state index contributed by atoms with van der Waals surface area (Å²) in [5.41, 5.74) is 6.11. The van der Waals surface area contributed by atoms with Crippen molar-refractivity contribution >= 4 is 11.7 Å². The molecule has 1 aliphatic rings. The van der Waals surface area contributed by atoms with Crippen molar-refractivity contribution in [1.29, 1.82) is 0 Å². The van der Waals surface area contributed by atoms with Crippen molar-refractivity contribution < 1.29 is 14.6 Å². The van der Waals surface area contributed by atoms with Crippen LogP contribution < -0.4 is 5.73 Å². The van der Waals surface area contributed by atoms with Crippen LogP contribution in [0, 0.1) is 5.92 Å². The highest BCUT2D eigenvalue weighted by atomic mass is 16.5. The van der Waals surface area contributed by atoms with Gasteiger partial charge in [-0.15, -0.1) is 0 Å². The van der Waals surface area contributed by atoms with Gasteiger partial charge in [0.25, 0.3) is 0 Å². The second-order valence-corrected chi connectivity index (χ2v) is 4.14. The van der Waals surface area contributed by atoms with E-state index < -0.39 is 5.97 Å². The Morgan fingerprint density at radius 2 is 2.25 bits per heavy atom. The Labute approximate surface area is 94.0 Å². The molecule has 3 N–H and O–H groups in total. The van der Waals surface area contributed by atoms with Crippen molar-refractivity contribution in [3.05, 3.63) is 23.8 Å². The average Bonchev–Trinajstić information content (AvgIpc) is 3.05. The number of carbonyl (C=O) groups is 1. The topological polar surface area (TPSA) is 72.5 Å². The lowest BCUT2D eigenvalue weighted by Gasteiger charge is -2.06. The Hall–Kier alpha value is -1.71. The molecule has 0 aromatic heterocycles. The fourth-order valence-corrected chi connectivity index (χ4v) is 1.52. The van der Waals surface area contributed by atoms with E-state index in [9.17, 15) is 9.90 Å². The SMILES string of the molecule is Nc1ccc(O)c(C(=O)OCCC2CC2)c1. The maximum Gasteiger partial charge on any atom is 0.341 e. The third-order valence-corrected chi connectivity index (χ3v) is 2.70. The van der Waals surface area contributed by atoms with Gasteiger partial charge >= 0.3 is 5.97 Å². The zero-order valence-electron chi connectivity index (χ0n) is 8.98. The zero-order chi connectivity index (χ0) is 11.5. The highest BCUT2D eigenvalue weighted by Crippen LogP contribution is 2.32. The molecule has 0 bridgehead atoms. The number of ether oxygens (including phenoxy) is 1. The first-order valence-electron chi connectivity index (χ1n) is 5.42. The van der Waals surface area contributed by atoms with E-state index in [-0.39, 0.29) is 11.3 Å². The van der Waals surface area contributed by atoms with Crippen LogP contribution in [-0.2, 0) is 4.74 Å². The van der Waals surface area contributed by atoms with Crippen LogP contribution in [0.4, 0.5) is 5.69 Å². The smallest absolute Gasteiger partial charge is 0.341 e. The van der Waals surface area contributed by atoms with Gasteiger partial charge in [0, 0.05) is 5.69 Å². The predicted octanol–water partition coefficient (Wildman–Crippen LogP) is 1.93. The van der Waals surface area contributed by atoms with Gasteiger partial charge in [-0.3, -0.25) is 0 Å². The van der Waals surface area contributed by atoms with Crippen LogP contribution >= 0.6 is 0 Å². The molecule has 0 spiro atoms. The Balaban J connectivity index is 1.93. The molecule has 0 atom stereocenters. The molecule has 1 saturated carbocycles. The van der Waals surface area contributed by atoms with Crippen molar-refractivity contribution in [3.63, 3.8) is 0 Å². The molecular formula is C12H15NO3. The minimum absolute atomic E-state index is 0.0920. The number of benzene rings is 1. The number of aromatic hydroxyl groups is 1. The maximum atomic E-state index is 11.6. The molecule has 1 fully saturated rings. The molecule has 1 aliphatic carbocycles. The maximum absolute atomic E-state index is 11.6. The summed E-state index contributed by atoms with van der Waals surface area (Å²) < 4.78 is 5.06. The van der Waals surface area contributed by atoms with Gasteiger partial charge in [0.15, 0.2) is 0 Å². The summed E-state index contributed by atoms with van der Waals surface area (Å²) in [5.74, 6) is 0.123. The van der Waals surface area contributed by atoms with E-state index in [4.69, 9.17) is 10.5 Å². The molecule has 0 saturated heterocycles. The molecule has 0 heterocycles. The van der Waals surface area contributed by atoms with E-state index >= 15 is 0 Å². The number of nitrogen functional groups attached to an aromatic ring is 1. The number of rotatable bonds is 4. The van der Waals surface area contributed by atoms with Gasteiger partial charge in [-0.1, -0.05) is 12.8 Å². The fraction of sp³-hybridized carbons (Fsp3) is 0.417. The quantitative estimate of drug-likeness (QED) is 0.463. The molecule has 0 radical (unpaired) electrons. The summed E-state index contributed by atoms with van der Waals surface area (Å²) in [7, 11) is 0. The second-order valence-electron chi connectivity index (χ2n) is 4.14. The molecule has 86 valence electrons. The van der Waals surface area contributed by atoms with Crippen molar-refractivity contribution in [1.82, 2.24) is 0 Å². The number of hydrogen-bond acceptors (Lipinski definition) is 4. The summed E-state index contributed by atoms with van der Waals surface area (Å²) in [6, 6.07) is 4.36. The minimum Gasteiger partial charge on any atom is -0.507 e. The minimum atomic E-state index is -0.509. The van der Waals surface area contributed by atoms with E-state index in [1.165, 1.54) is 31.0 Å². The lowest BCUT2D eigenvalue weighted by molar-refractivity contribution is 0.0491. The van der Waals surface area contributed by atoms with Crippen LogP contribution in [0.2, 0.25) is 0 Å². The first-order valence-corrected chi connectivity index (χ1v) is 5.42. The highest BCUT2D eigenvalue weighted by molar-refractivity contribution is 5.93. The summed E-state index contributed by atoms with van der Waals surface area (Å²) in [5, 5.41) is 9.47. The van der Waals surface area contributed by atoms with Crippen LogP contribution in [0.3, 0.4) is 0 Å². The van der Waals surface area contributed by atoms with E-state index in [0.29, 0.717) is 12.3 Å². The second kappa shape index (κ2) is 4.43. The number of phenolic OH excluding ortho intramolecular Hbond substituents is 1. The fourth-order valence-electron chi connectivity index (χ4n) is 1.52. The monoisotopic (exact) mass is 221 g/mol. The number of nitrogens with two attached hydrogens (primary N) is 1. The molecule has 0 aliphatic heterocycles. The van der Waals surface area contributed by atoms with Gasteiger partial charge < -0.3 is 15.6 Å². The van der Waals surface area contributed by atoms with Crippen molar-refractivity contribution in [3.8, 4) is 5.75 Å². The number of hydrogen-bond donors (Lipinski definition) is 2. The van der Waals surface area contributed by atoms with Gasteiger partial charge in [-0.2, -0.15) is 0 Å². The van der Waals surface area contributed by atoms with Crippen LogP contribution in [-0.4, -0.2) is 17.7 Å². The van der Waals surface area contributed by atoms with E-state index in [1.807, 2.05) is 0 Å². The van der Waals surface area contributed by atoms with Gasteiger partial charge in [0.1, 0.15) is 11.3 Å². The molecule has 4 heteroatoms. The van der Waals surface area contributed by atoms with Gasteiger partial charge in [0.2, 0.25) is 0 Å². The lowest BCUT2D eigenvalue weighted by atomic mass is 10.2. The summed E-state index contributed by atoms with van der Waals surface area (Å²) in [6.07, 6.45) is 3.39. The molecule has 0 amide bonds. The molecule has 0 unspecified atom stereocenters. The molecule has 16 heavy (non-hydrogen) atoms. The molecular weight excluding hydrogens is 206 g/mol. The number of carbonyl (C=O) groups excluding carboxylic acids is 1. The number of esters is 1. The first kappa shape index (κ1) is 10.8. The zero-order valence-corrected chi connectivity index (χ0v) is 8.98. The van der Waals surface area contributed by atoms with E-state index in [2.05, 4.69) is 0 Å². The highest BCUT2D eigenvalue weighted by Gasteiger charge is 2.21. The van der Waals surface area contributed by atoms with Crippen molar-refractivity contribution in [2.45, 2.75) is 19.3 Å². The third-order valence-electron chi connectivity index (χ3n) is 2.70. The van der Waals surface area contributed by atoms with Crippen LogP contribution in [0.15, 0.2) is 18.2 Å². The Morgan fingerprint density at radius 1 is 1.50 bits per heavy atom. The van der Waals surface area contributed by atoms with Crippen LogP contribution in [0.5, 0.6) is 5.75 Å². The molecule has 1 aromatic carbocycles. The van der Waals surface area contributed by atoms with Crippen LogP contribution in [0.1, 0.15) is 29.6 Å². The van der Waals surface area contributed by atoms with Gasteiger partial charge in [-0.25, -0.2) is 4.79 Å². The summed E-state index contributed by atoms with van der Waals surface area (Å²) in [6.45, 7) is 0.414. The Bertz CT molecular complexity index is 399. The van der Waals surface area contributed by atoms with Crippen LogP contribution in [0.25, 0.3) is 0 Å². The Morgan fingerprint density at radius 3 is 2.94 bits per heavy atom. The Kier molecular flexibility index (Phi) is 2.99. The van der Waals surface area contributed by atoms with Crippen molar-refractivity contribution in [2.24, 2.45) is 5.92 Å². The third kappa shape index (κ3) is 2.66. The number of phenols is 1. The number of anilines is 1. The standard InChI is InChI=1S/C12H15NO3/c13-9-3-4-11(14)10(7-9)12(15)16-6-5-8-1-2-8/h3-4,7-8,14H,1-2,5-6,13H2. The normalized spacial score (nSPS) is 14.8. The molecule has 4 nitrogen and oxygen atoms in total. The largest absolute Gasteiger partial charge is 0.507 e. The van der Waals surface area contributed by atoms with E-state index in [0.717, 1.165) is 12.3 Å². The molecule has 2 rings (SSSR count).